The van der Waals surface area contributed by atoms with E-state index < -0.39 is 0 Å². The van der Waals surface area contributed by atoms with Crippen molar-refractivity contribution in [3.63, 3.8) is 0 Å². The quantitative estimate of drug-likeness (QED) is 0.798. The molecule has 0 saturated heterocycles. The number of para-hydroxylation sites is 1. The van der Waals surface area contributed by atoms with E-state index in [1.54, 1.807) is 43.0 Å². The third-order valence-electron chi connectivity index (χ3n) is 2.56. The van der Waals surface area contributed by atoms with Crippen molar-refractivity contribution in [3.8, 4) is 5.69 Å². The van der Waals surface area contributed by atoms with Gasteiger partial charge >= 0.3 is 0 Å². The summed E-state index contributed by atoms with van der Waals surface area (Å²) in [6, 6.07) is 6.44. The highest BCUT2D eigenvalue weighted by atomic mass is 79.9. The predicted octanol–water partition coefficient (Wildman–Crippen LogP) is 3.31. The van der Waals surface area contributed by atoms with Gasteiger partial charge in [0.15, 0.2) is 0 Å². The van der Waals surface area contributed by atoms with Crippen LogP contribution >= 0.6 is 15.9 Å². The van der Waals surface area contributed by atoms with Crippen LogP contribution in [-0.4, -0.2) is 19.7 Å². The van der Waals surface area contributed by atoms with E-state index in [1.807, 2.05) is 0 Å². The van der Waals surface area contributed by atoms with Crippen LogP contribution in [0.4, 0.5) is 16.0 Å². The Balaban J connectivity index is 1.84. The van der Waals surface area contributed by atoms with E-state index in [0.717, 1.165) is 4.47 Å². The van der Waals surface area contributed by atoms with Gasteiger partial charge in [0.2, 0.25) is 5.95 Å². The fourth-order valence-electron chi connectivity index (χ4n) is 1.66. The van der Waals surface area contributed by atoms with Crippen molar-refractivity contribution in [2.75, 3.05) is 5.32 Å². The van der Waals surface area contributed by atoms with Gasteiger partial charge in [0.05, 0.1) is 22.6 Å². The second kappa shape index (κ2) is 5.38. The molecule has 0 aliphatic rings. The van der Waals surface area contributed by atoms with Crippen molar-refractivity contribution in [1.29, 1.82) is 0 Å². The normalized spacial score (nSPS) is 10.5. The van der Waals surface area contributed by atoms with Crippen LogP contribution in [0.5, 0.6) is 0 Å². The van der Waals surface area contributed by atoms with Crippen molar-refractivity contribution >= 4 is 27.6 Å². The van der Waals surface area contributed by atoms with E-state index in [0.29, 0.717) is 17.3 Å². The lowest BCUT2D eigenvalue weighted by Gasteiger charge is -2.02. The van der Waals surface area contributed by atoms with Crippen LogP contribution in [0.25, 0.3) is 5.69 Å². The fraction of sp³-hybridized carbons (Fsp3) is 0. The van der Waals surface area contributed by atoms with Gasteiger partial charge in [-0.05, 0) is 28.1 Å². The van der Waals surface area contributed by atoms with Gasteiger partial charge < -0.3 is 5.32 Å². The largest absolute Gasteiger partial charge is 0.321 e. The van der Waals surface area contributed by atoms with Crippen molar-refractivity contribution in [3.05, 3.63) is 59.3 Å². The lowest BCUT2D eigenvalue weighted by atomic mass is 10.3. The topological polar surface area (TPSA) is 55.6 Å². The highest BCUT2D eigenvalue weighted by Gasteiger charge is 2.06. The van der Waals surface area contributed by atoms with E-state index >= 15 is 0 Å². The third-order valence-corrected chi connectivity index (χ3v) is 2.97. The van der Waals surface area contributed by atoms with Crippen molar-refractivity contribution in [2.45, 2.75) is 0 Å². The maximum Gasteiger partial charge on any atom is 0.227 e. The Kier molecular flexibility index (Phi) is 3.42. The summed E-state index contributed by atoms with van der Waals surface area (Å²) in [7, 11) is 0. The number of nitrogens with one attached hydrogen (secondary N) is 1. The van der Waals surface area contributed by atoms with E-state index in [2.05, 4.69) is 36.3 Å². The standard InChI is InChI=1S/C13H9BrFN5/c14-9-5-16-13(17-6-9)19-10-7-18-20(8-10)12-4-2-1-3-11(12)15/h1-8H,(H,16,17,19). The second-order valence-electron chi connectivity index (χ2n) is 3.97. The van der Waals surface area contributed by atoms with Gasteiger partial charge in [-0.1, -0.05) is 12.1 Å². The summed E-state index contributed by atoms with van der Waals surface area (Å²) >= 11 is 3.26. The molecule has 0 spiro atoms. The highest BCUT2D eigenvalue weighted by Crippen LogP contribution is 2.17. The number of hydrogen-bond donors (Lipinski definition) is 1. The molecule has 5 nitrogen and oxygen atoms in total. The Morgan fingerprint density at radius 1 is 1.10 bits per heavy atom. The second-order valence-corrected chi connectivity index (χ2v) is 4.89. The molecule has 1 aromatic carbocycles. The Hall–Kier alpha value is -2.28. The molecule has 0 bridgehead atoms. The van der Waals surface area contributed by atoms with Crippen LogP contribution in [0.1, 0.15) is 0 Å². The average molecular weight is 334 g/mol. The van der Waals surface area contributed by atoms with Crippen LogP contribution in [0.2, 0.25) is 0 Å². The molecule has 3 aromatic rings. The smallest absolute Gasteiger partial charge is 0.227 e. The fourth-order valence-corrected chi connectivity index (χ4v) is 1.87. The summed E-state index contributed by atoms with van der Waals surface area (Å²) < 4.78 is 15.9. The number of hydrogen-bond acceptors (Lipinski definition) is 4. The van der Waals surface area contributed by atoms with Crippen LogP contribution in [0.15, 0.2) is 53.5 Å². The summed E-state index contributed by atoms with van der Waals surface area (Å²) in [5.41, 5.74) is 1.06. The first-order valence-electron chi connectivity index (χ1n) is 5.76. The molecule has 1 N–H and O–H groups in total. The number of nitrogens with zero attached hydrogens (tertiary/aromatic N) is 4. The van der Waals surface area contributed by atoms with Crippen LogP contribution in [-0.2, 0) is 0 Å². The maximum atomic E-state index is 13.6. The average Bonchev–Trinajstić information content (AvgIpc) is 2.90. The summed E-state index contributed by atoms with van der Waals surface area (Å²) in [5.74, 6) is 0.114. The first kappa shape index (κ1) is 12.7. The summed E-state index contributed by atoms with van der Waals surface area (Å²) in [4.78, 5) is 8.19. The van der Waals surface area contributed by atoms with Crippen molar-refractivity contribution < 1.29 is 4.39 Å². The molecule has 0 amide bonds. The van der Waals surface area contributed by atoms with Crippen LogP contribution < -0.4 is 5.32 Å². The van der Waals surface area contributed by atoms with Gasteiger partial charge in [0.1, 0.15) is 11.5 Å². The summed E-state index contributed by atoms with van der Waals surface area (Å²) in [6.45, 7) is 0. The lowest BCUT2D eigenvalue weighted by molar-refractivity contribution is 0.611. The Morgan fingerprint density at radius 3 is 2.60 bits per heavy atom. The molecule has 0 aliphatic carbocycles. The zero-order chi connectivity index (χ0) is 13.9. The zero-order valence-corrected chi connectivity index (χ0v) is 11.7. The van der Waals surface area contributed by atoms with E-state index in [1.165, 1.54) is 10.7 Å². The Labute approximate surface area is 122 Å². The number of rotatable bonds is 3. The molecule has 7 heteroatoms. The molecule has 0 aliphatic heterocycles. The minimum Gasteiger partial charge on any atom is -0.321 e. The predicted molar refractivity (Wildman–Crippen MR) is 76.5 cm³/mol. The van der Waals surface area contributed by atoms with Gasteiger partial charge in [-0.2, -0.15) is 5.10 Å². The number of benzene rings is 1. The van der Waals surface area contributed by atoms with Gasteiger partial charge in [-0.25, -0.2) is 19.0 Å². The van der Waals surface area contributed by atoms with Crippen LogP contribution in [0, 0.1) is 5.82 Å². The SMILES string of the molecule is Fc1ccccc1-n1cc(Nc2ncc(Br)cn2)cn1. The zero-order valence-electron chi connectivity index (χ0n) is 10.2. The van der Waals surface area contributed by atoms with Crippen LogP contribution in [0.3, 0.4) is 0 Å². The first-order valence-corrected chi connectivity index (χ1v) is 6.56. The van der Waals surface area contributed by atoms with E-state index in [-0.39, 0.29) is 5.82 Å². The Morgan fingerprint density at radius 2 is 1.85 bits per heavy atom. The first-order chi connectivity index (χ1) is 9.72. The number of aromatic nitrogens is 4. The van der Waals surface area contributed by atoms with E-state index in [4.69, 9.17) is 0 Å². The molecule has 100 valence electrons. The molecule has 0 unspecified atom stereocenters. The van der Waals surface area contributed by atoms with Gasteiger partial charge in [0, 0.05) is 12.4 Å². The number of anilines is 2. The molecule has 20 heavy (non-hydrogen) atoms. The molecular formula is C13H9BrFN5. The lowest BCUT2D eigenvalue weighted by Crippen LogP contribution is -1.98. The number of halogens is 2. The molecule has 0 radical (unpaired) electrons. The third kappa shape index (κ3) is 2.67. The minimum absolute atomic E-state index is 0.331. The molecule has 0 atom stereocenters. The Bertz CT molecular complexity index is 726. The molecule has 3 rings (SSSR count). The molecule has 2 heterocycles. The monoisotopic (exact) mass is 333 g/mol. The summed E-state index contributed by atoms with van der Waals surface area (Å²) in [5, 5.41) is 7.10. The maximum absolute atomic E-state index is 13.6. The minimum atomic E-state index is -0.331. The van der Waals surface area contributed by atoms with E-state index in [9.17, 15) is 4.39 Å². The summed E-state index contributed by atoms with van der Waals surface area (Å²) in [6.07, 6.45) is 6.52. The highest BCUT2D eigenvalue weighted by molar-refractivity contribution is 9.10. The van der Waals surface area contributed by atoms with Crippen molar-refractivity contribution in [2.24, 2.45) is 0 Å². The van der Waals surface area contributed by atoms with Gasteiger partial charge in [-0.15, -0.1) is 0 Å². The molecular weight excluding hydrogens is 325 g/mol. The molecule has 0 fully saturated rings. The van der Waals surface area contributed by atoms with Gasteiger partial charge in [-0.3, -0.25) is 0 Å². The van der Waals surface area contributed by atoms with Gasteiger partial charge in [0.25, 0.3) is 0 Å². The van der Waals surface area contributed by atoms with Crippen molar-refractivity contribution in [1.82, 2.24) is 19.7 Å². The molecule has 2 aromatic heterocycles. The molecule has 0 saturated carbocycles.